The van der Waals surface area contributed by atoms with Gasteiger partial charge in [0.1, 0.15) is 0 Å². The quantitative estimate of drug-likeness (QED) is 0.939. The predicted molar refractivity (Wildman–Crippen MR) is 75.7 cm³/mol. The van der Waals surface area contributed by atoms with Crippen LogP contribution in [0.5, 0.6) is 0 Å². The molecule has 0 aliphatic rings. The largest absolute Gasteiger partial charge is 0.278 e. The highest BCUT2D eigenvalue weighted by atomic mass is 32.2. The van der Waals surface area contributed by atoms with Gasteiger partial charge in [-0.05, 0) is 49.2 Å². The monoisotopic (exact) mass is 287 g/mol. The Morgan fingerprint density at radius 3 is 2.55 bits per heavy atom. The Morgan fingerprint density at radius 1 is 1.20 bits per heavy atom. The van der Waals surface area contributed by atoms with Crippen molar-refractivity contribution in [1.82, 2.24) is 4.98 Å². The zero-order chi connectivity index (χ0) is 14.8. The normalized spacial score (nSPS) is 10.8. The maximum atomic E-state index is 12.3. The van der Waals surface area contributed by atoms with Gasteiger partial charge in [-0.3, -0.25) is 9.71 Å². The Balaban J connectivity index is 2.39. The highest BCUT2D eigenvalue weighted by Crippen LogP contribution is 2.20. The number of hydrogen-bond acceptors (Lipinski definition) is 4. The molecule has 5 nitrogen and oxygen atoms in total. The van der Waals surface area contributed by atoms with E-state index in [4.69, 9.17) is 5.26 Å². The average Bonchev–Trinajstić information content (AvgIpc) is 2.37. The second-order valence-corrected chi connectivity index (χ2v) is 6.10. The molecule has 0 radical (unpaired) electrons. The van der Waals surface area contributed by atoms with Gasteiger partial charge in [-0.25, -0.2) is 8.42 Å². The topological polar surface area (TPSA) is 82.8 Å². The van der Waals surface area contributed by atoms with Gasteiger partial charge in [-0.1, -0.05) is 0 Å². The van der Waals surface area contributed by atoms with E-state index in [1.807, 2.05) is 13.0 Å². The Hall–Kier alpha value is -2.39. The van der Waals surface area contributed by atoms with Crippen LogP contribution in [0, 0.1) is 25.2 Å². The van der Waals surface area contributed by atoms with Crippen LogP contribution in [0.3, 0.4) is 0 Å². The van der Waals surface area contributed by atoms with E-state index >= 15 is 0 Å². The van der Waals surface area contributed by atoms with E-state index in [0.717, 1.165) is 5.56 Å². The van der Waals surface area contributed by atoms with Crippen LogP contribution in [-0.2, 0) is 10.0 Å². The number of nitrogens with one attached hydrogen (secondary N) is 1. The van der Waals surface area contributed by atoms with Gasteiger partial charge in [0.15, 0.2) is 0 Å². The molecule has 0 unspecified atom stereocenters. The summed E-state index contributed by atoms with van der Waals surface area (Å²) in [6, 6.07) is 8.13. The van der Waals surface area contributed by atoms with Gasteiger partial charge in [0.05, 0.1) is 28.4 Å². The Kier molecular flexibility index (Phi) is 3.72. The van der Waals surface area contributed by atoms with E-state index in [0.29, 0.717) is 16.8 Å². The lowest BCUT2D eigenvalue weighted by Gasteiger charge is -2.10. The summed E-state index contributed by atoms with van der Waals surface area (Å²) in [6.45, 7) is 3.49. The third-order valence-corrected chi connectivity index (χ3v) is 4.26. The fourth-order valence-electron chi connectivity index (χ4n) is 1.84. The van der Waals surface area contributed by atoms with Crippen LogP contribution < -0.4 is 4.72 Å². The number of aryl methyl sites for hydroxylation is 2. The highest BCUT2D eigenvalue weighted by Gasteiger charge is 2.17. The maximum Gasteiger partial charge on any atom is 0.262 e. The molecule has 1 heterocycles. The lowest BCUT2D eigenvalue weighted by Crippen LogP contribution is -2.14. The number of aromatic nitrogens is 1. The second kappa shape index (κ2) is 5.31. The minimum Gasteiger partial charge on any atom is -0.278 e. The van der Waals surface area contributed by atoms with Crippen molar-refractivity contribution in [2.75, 3.05) is 4.72 Å². The van der Waals surface area contributed by atoms with Gasteiger partial charge < -0.3 is 0 Å². The molecule has 0 saturated heterocycles. The van der Waals surface area contributed by atoms with Gasteiger partial charge in [-0.15, -0.1) is 0 Å². The van der Waals surface area contributed by atoms with E-state index in [9.17, 15) is 8.42 Å². The third kappa shape index (κ3) is 2.95. The van der Waals surface area contributed by atoms with Crippen LogP contribution in [0.1, 0.15) is 16.7 Å². The van der Waals surface area contributed by atoms with Crippen molar-refractivity contribution in [3.63, 3.8) is 0 Å². The number of hydrogen-bond donors (Lipinski definition) is 1. The first-order valence-electron chi connectivity index (χ1n) is 5.87. The van der Waals surface area contributed by atoms with Crippen LogP contribution >= 0.6 is 0 Å². The predicted octanol–water partition coefficient (Wildman–Crippen LogP) is 2.37. The molecule has 0 aliphatic carbocycles. The number of nitrogens with zero attached hydrogens (tertiary/aromatic N) is 2. The summed E-state index contributed by atoms with van der Waals surface area (Å²) in [7, 11) is -3.69. The fourth-order valence-corrected chi connectivity index (χ4v) is 3.10. The standard InChI is InChI=1S/C14H13N3O2S/c1-10-5-13(9-16-8-10)17-20(18,19)14-4-3-12(7-15)6-11(14)2/h3-6,8-9,17H,1-2H3. The molecule has 1 aromatic heterocycles. The van der Waals surface area contributed by atoms with Gasteiger partial charge >= 0.3 is 0 Å². The fraction of sp³-hybridized carbons (Fsp3) is 0.143. The van der Waals surface area contributed by atoms with E-state index < -0.39 is 10.0 Å². The average molecular weight is 287 g/mol. The summed E-state index contributed by atoms with van der Waals surface area (Å²) in [5.74, 6) is 0. The van der Waals surface area contributed by atoms with Crippen LogP contribution in [0.2, 0.25) is 0 Å². The SMILES string of the molecule is Cc1cncc(NS(=O)(=O)c2ccc(C#N)cc2C)c1. The van der Waals surface area contributed by atoms with Crippen molar-refractivity contribution in [2.45, 2.75) is 18.7 Å². The molecule has 20 heavy (non-hydrogen) atoms. The molecule has 0 spiro atoms. The zero-order valence-electron chi connectivity index (χ0n) is 11.1. The van der Waals surface area contributed by atoms with Gasteiger partial charge in [0.2, 0.25) is 0 Å². The molecule has 1 N–H and O–H groups in total. The molecular weight excluding hydrogens is 274 g/mol. The van der Waals surface area contributed by atoms with Gasteiger partial charge in [0.25, 0.3) is 10.0 Å². The number of rotatable bonds is 3. The van der Waals surface area contributed by atoms with Crippen molar-refractivity contribution in [1.29, 1.82) is 5.26 Å². The summed E-state index contributed by atoms with van der Waals surface area (Å²) >= 11 is 0. The molecule has 6 heteroatoms. The van der Waals surface area contributed by atoms with Crippen molar-refractivity contribution < 1.29 is 8.42 Å². The molecule has 102 valence electrons. The van der Waals surface area contributed by atoms with E-state index in [-0.39, 0.29) is 4.90 Å². The highest BCUT2D eigenvalue weighted by molar-refractivity contribution is 7.92. The van der Waals surface area contributed by atoms with E-state index in [1.54, 1.807) is 25.3 Å². The lowest BCUT2D eigenvalue weighted by molar-refractivity contribution is 0.600. The van der Waals surface area contributed by atoms with Crippen LogP contribution in [0.4, 0.5) is 5.69 Å². The minimum atomic E-state index is -3.69. The Morgan fingerprint density at radius 2 is 1.95 bits per heavy atom. The summed E-state index contributed by atoms with van der Waals surface area (Å²) < 4.78 is 27.1. The summed E-state index contributed by atoms with van der Waals surface area (Å²) in [6.07, 6.45) is 3.09. The minimum absolute atomic E-state index is 0.151. The van der Waals surface area contributed by atoms with Gasteiger partial charge in [-0.2, -0.15) is 5.26 Å². The van der Waals surface area contributed by atoms with Crippen molar-refractivity contribution in [2.24, 2.45) is 0 Å². The summed E-state index contributed by atoms with van der Waals surface area (Å²) in [5.41, 5.74) is 2.23. The molecule has 0 aliphatic heterocycles. The Labute approximate surface area is 118 Å². The van der Waals surface area contributed by atoms with Crippen LogP contribution in [0.25, 0.3) is 0 Å². The lowest BCUT2D eigenvalue weighted by atomic mass is 10.2. The molecule has 2 rings (SSSR count). The molecule has 1 aromatic carbocycles. The third-order valence-electron chi connectivity index (χ3n) is 2.72. The van der Waals surface area contributed by atoms with Crippen molar-refractivity contribution in [3.05, 3.63) is 53.3 Å². The van der Waals surface area contributed by atoms with Gasteiger partial charge in [0, 0.05) is 6.20 Å². The first kappa shape index (κ1) is 14.0. The number of anilines is 1. The number of benzene rings is 1. The molecule has 0 atom stereocenters. The van der Waals surface area contributed by atoms with E-state index in [1.165, 1.54) is 18.3 Å². The number of pyridine rings is 1. The van der Waals surface area contributed by atoms with Crippen LogP contribution in [0.15, 0.2) is 41.6 Å². The molecule has 0 fully saturated rings. The zero-order valence-corrected chi connectivity index (χ0v) is 11.9. The van der Waals surface area contributed by atoms with Crippen LogP contribution in [-0.4, -0.2) is 13.4 Å². The second-order valence-electron chi connectivity index (χ2n) is 4.45. The Bertz CT molecular complexity index is 792. The maximum absolute atomic E-state index is 12.3. The first-order valence-corrected chi connectivity index (χ1v) is 7.36. The summed E-state index contributed by atoms with van der Waals surface area (Å²) in [5, 5.41) is 8.80. The van der Waals surface area contributed by atoms with E-state index in [2.05, 4.69) is 9.71 Å². The molecule has 0 saturated carbocycles. The number of sulfonamides is 1. The molecule has 0 amide bonds. The molecular formula is C14H13N3O2S. The van der Waals surface area contributed by atoms with Crippen molar-refractivity contribution in [3.8, 4) is 6.07 Å². The smallest absolute Gasteiger partial charge is 0.262 e. The summed E-state index contributed by atoms with van der Waals surface area (Å²) in [4.78, 5) is 4.09. The molecule has 0 bridgehead atoms. The number of nitriles is 1. The van der Waals surface area contributed by atoms with Crippen molar-refractivity contribution >= 4 is 15.7 Å². The molecule has 2 aromatic rings. The first-order chi connectivity index (χ1) is 9.42.